The lowest BCUT2D eigenvalue weighted by Crippen LogP contribution is -2.39. The van der Waals surface area contributed by atoms with Crippen LogP contribution in [-0.2, 0) is 4.74 Å². The molecule has 0 aromatic carbocycles. The van der Waals surface area contributed by atoms with Crippen molar-refractivity contribution in [3.63, 3.8) is 0 Å². The van der Waals surface area contributed by atoms with Crippen LogP contribution in [0.15, 0.2) is 0 Å². The van der Waals surface area contributed by atoms with Gasteiger partial charge in [0.25, 0.3) is 0 Å². The quantitative estimate of drug-likeness (QED) is 0.747. The summed E-state index contributed by atoms with van der Waals surface area (Å²) >= 11 is 0. The second-order valence-electron chi connectivity index (χ2n) is 3.67. The third-order valence-corrected chi connectivity index (χ3v) is 2.70. The molecule has 15 heavy (non-hydrogen) atoms. The third kappa shape index (κ3) is 3.10. The number of carbonyl (C=O) groups is 1. The fourth-order valence-electron chi connectivity index (χ4n) is 1.84. The number of hydrogen-bond acceptors (Lipinski definition) is 4. The minimum absolute atomic E-state index is 0.0329. The number of nitrogens with one attached hydrogen (secondary N) is 1. The minimum atomic E-state index is -0.396. The smallest absolute Gasteiger partial charge is 0.407 e. The molecule has 5 heteroatoms. The predicted octanol–water partition coefficient (Wildman–Crippen LogP) is 0.719. The van der Waals surface area contributed by atoms with Crippen LogP contribution < -0.4 is 5.32 Å². The standard InChI is InChI=1S/C10H17N3O2/c1-3-9(6-11)13-5-4-8(7-13)12-10(14)15-2/h8-9H,3-5,7H2,1-2H3,(H,12,14). The molecule has 1 rings (SSSR count). The molecule has 2 atom stereocenters. The molecular weight excluding hydrogens is 194 g/mol. The highest BCUT2D eigenvalue weighted by Gasteiger charge is 2.28. The van der Waals surface area contributed by atoms with E-state index in [1.807, 2.05) is 6.92 Å². The van der Waals surface area contributed by atoms with Gasteiger partial charge in [0.1, 0.15) is 0 Å². The van der Waals surface area contributed by atoms with E-state index >= 15 is 0 Å². The van der Waals surface area contributed by atoms with Crippen LogP contribution in [0.5, 0.6) is 0 Å². The molecule has 0 bridgehead atoms. The van der Waals surface area contributed by atoms with Crippen molar-refractivity contribution in [1.29, 1.82) is 5.26 Å². The number of alkyl carbamates (subject to hydrolysis) is 1. The average Bonchev–Trinajstić information content (AvgIpc) is 2.68. The molecular formula is C10H17N3O2. The molecule has 5 nitrogen and oxygen atoms in total. The average molecular weight is 211 g/mol. The Balaban J connectivity index is 2.39. The molecule has 0 aromatic rings. The second-order valence-corrected chi connectivity index (χ2v) is 3.67. The van der Waals surface area contributed by atoms with Gasteiger partial charge >= 0.3 is 6.09 Å². The van der Waals surface area contributed by atoms with Gasteiger partial charge in [-0.1, -0.05) is 6.92 Å². The van der Waals surface area contributed by atoms with Crippen LogP contribution in [0.3, 0.4) is 0 Å². The Labute approximate surface area is 90.0 Å². The number of nitrogens with zero attached hydrogens (tertiary/aromatic N) is 2. The van der Waals surface area contributed by atoms with Gasteiger partial charge in [0.05, 0.1) is 19.2 Å². The van der Waals surface area contributed by atoms with Crippen molar-refractivity contribution in [2.45, 2.75) is 31.8 Å². The Morgan fingerprint density at radius 2 is 2.53 bits per heavy atom. The van der Waals surface area contributed by atoms with Gasteiger partial charge in [0.2, 0.25) is 0 Å². The lowest BCUT2D eigenvalue weighted by Gasteiger charge is -2.20. The summed E-state index contributed by atoms with van der Waals surface area (Å²) in [4.78, 5) is 13.1. The Morgan fingerprint density at radius 1 is 1.80 bits per heavy atom. The van der Waals surface area contributed by atoms with Gasteiger partial charge in [-0.25, -0.2) is 4.79 Å². The van der Waals surface area contributed by atoms with E-state index in [-0.39, 0.29) is 12.1 Å². The summed E-state index contributed by atoms with van der Waals surface area (Å²) in [5, 5.41) is 11.6. The molecule has 0 aliphatic carbocycles. The van der Waals surface area contributed by atoms with Crippen LogP contribution in [0.1, 0.15) is 19.8 Å². The molecule has 84 valence electrons. The summed E-state index contributed by atoms with van der Waals surface area (Å²) in [6, 6.07) is 2.34. The number of methoxy groups -OCH3 is 1. The molecule has 0 spiro atoms. The molecule has 2 unspecified atom stereocenters. The van der Waals surface area contributed by atoms with Gasteiger partial charge in [0.15, 0.2) is 0 Å². The van der Waals surface area contributed by atoms with Crippen LogP contribution in [-0.4, -0.2) is 43.3 Å². The summed E-state index contributed by atoms with van der Waals surface area (Å²) in [5.74, 6) is 0. The second kappa shape index (κ2) is 5.56. The maximum Gasteiger partial charge on any atom is 0.407 e. The number of amides is 1. The summed E-state index contributed by atoms with van der Waals surface area (Å²) < 4.78 is 4.53. The normalized spacial score (nSPS) is 23.1. The zero-order chi connectivity index (χ0) is 11.3. The molecule has 1 N–H and O–H groups in total. The summed E-state index contributed by atoms with van der Waals surface area (Å²) in [6.45, 7) is 3.59. The van der Waals surface area contributed by atoms with E-state index in [1.165, 1.54) is 7.11 Å². The lowest BCUT2D eigenvalue weighted by molar-refractivity contribution is 0.166. The Hall–Kier alpha value is -1.28. The lowest BCUT2D eigenvalue weighted by atomic mass is 10.2. The van der Waals surface area contributed by atoms with Crippen molar-refractivity contribution in [2.24, 2.45) is 0 Å². The van der Waals surface area contributed by atoms with Gasteiger partial charge in [0, 0.05) is 19.1 Å². The molecule has 1 heterocycles. The Bertz CT molecular complexity index is 262. The SMILES string of the molecule is CCC(C#N)N1CCC(NC(=O)OC)C1. The number of likely N-dealkylation sites (tertiary alicyclic amines) is 1. The summed E-state index contributed by atoms with van der Waals surface area (Å²) in [5.41, 5.74) is 0. The van der Waals surface area contributed by atoms with E-state index in [9.17, 15) is 4.79 Å². The van der Waals surface area contributed by atoms with Gasteiger partial charge in [-0.05, 0) is 12.8 Å². The van der Waals surface area contributed by atoms with Crippen LogP contribution in [0, 0.1) is 11.3 Å². The van der Waals surface area contributed by atoms with Crippen molar-refractivity contribution in [2.75, 3.05) is 20.2 Å². The molecule has 1 fully saturated rings. The van der Waals surface area contributed by atoms with Gasteiger partial charge < -0.3 is 10.1 Å². The van der Waals surface area contributed by atoms with E-state index < -0.39 is 6.09 Å². The first-order chi connectivity index (χ1) is 7.21. The molecule has 0 aromatic heterocycles. The van der Waals surface area contributed by atoms with E-state index in [1.54, 1.807) is 0 Å². The summed E-state index contributed by atoms with van der Waals surface area (Å²) in [6.07, 6.45) is 1.31. The fourth-order valence-corrected chi connectivity index (χ4v) is 1.84. The van der Waals surface area contributed by atoms with Crippen molar-refractivity contribution >= 4 is 6.09 Å². The number of rotatable bonds is 3. The molecule has 1 aliphatic rings. The summed E-state index contributed by atoms with van der Waals surface area (Å²) in [7, 11) is 1.35. The number of carbonyl (C=O) groups excluding carboxylic acids is 1. The van der Waals surface area contributed by atoms with Crippen molar-refractivity contribution < 1.29 is 9.53 Å². The van der Waals surface area contributed by atoms with E-state index in [0.29, 0.717) is 0 Å². The highest BCUT2D eigenvalue weighted by atomic mass is 16.5. The molecule has 1 saturated heterocycles. The van der Waals surface area contributed by atoms with Gasteiger partial charge in [-0.3, -0.25) is 4.90 Å². The maximum atomic E-state index is 11.0. The minimum Gasteiger partial charge on any atom is -0.453 e. The van der Waals surface area contributed by atoms with Crippen molar-refractivity contribution in [1.82, 2.24) is 10.2 Å². The third-order valence-electron chi connectivity index (χ3n) is 2.70. The van der Waals surface area contributed by atoms with E-state index in [0.717, 1.165) is 25.9 Å². The Morgan fingerprint density at radius 3 is 3.07 bits per heavy atom. The monoisotopic (exact) mass is 211 g/mol. The maximum absolute atomic E-state index is 11.0. The highest BCUT2D eigenvalue weighted by molar-refractivity contribution is 5.67. The van der Waals surface area contributed by atoms with Crippen LogP contribution in [0.4, 0.5) is 4.79 Å². The topological polar surface area (TPSA) is 65.4 Å². The molecule has 0 radical (unpaired) electrons. The first-order valence-corrected chi connectivity index (χ1v) is 5.19. The van der Waals surface area contributed by atoms with Crippen LogP contribution in [0.25, 0.3) is 0 Å². The number of hydrogen-bond donors (Lipinski definition) is 1. The highest BCUT2D eigenvalue weighted by Crippen LogP contribution is 2.14. The predicted molar refractivity (Wildman–Crippen MR) is 55.2 cm³/mol. The van der Waals surface area contributed by atoms with E-state index in [4.69, 9.17) is 5.26 Å². The first-order valence-electron chi connectivity index (χ1n) is 5.19. The number of ether oxygens (including phenoxy) is 1. The molecule has 1 aliphatic heterocycles. The van der Waals surface area contributed by atoms with Crippen molar-refractivity contribution in [3.05, 3.63) is 0 Å². The zero-order valence-corrected chi connectivity index (χ0v) is 9.19. The number of nitriles is 1. The molecule has 1 amide bonds. The first kappa shape index (κ1) is 11.8. The van der Waals surface area contributed by atoms with Crippen molar-refractivity contribution in [3.8, 4) is 6.07 Å². The van der Waals surface area contributed by atoms with Gasteiger partial charge in [-0.2, -0.15) is 5.26 Å². The van der Waals surface area contributed by atoms with Crippen LogP contribution in [0.2, 0.25) is 0 Å². The molecule has 0 saturated carbocycles. The fraction of sp³-hybridized carbons (Fsp3) is 0.800. The largest absolute Gasteiger partial charge is 0.453 e. The van der Waals surface area contributed by atoms with Crippen LogP contribution >= 0.6 is 0 Å². The Kier molecular flexibility index (Phi) is 4.37. The van der Waals surface area contributed by atoms with E-state index in [2.05, 4.69) is 21.0 Å². The van der Waals surface area contributed by atoms with Gasteiger partial charge in [-0.15, -0.1) is 0 Å². The zero-order valence-electron chi connectivity index (χ0n) is 9.19.